The molecule has 0 unspecified atom stereocenters. The van der Waals surface area contributed by atoms with E-state index in [2.05, 4.69) is 34.6 Å². The number of carbonyl (C=O) groups excluding carboxylic acids is 2. The van der Waals surface area contributed by atoms with Crippen LogP contribution in [0.15, 0.2) is 47.8 Å². The number of ether oxygens (including phenoxy) is 2. The molecule has 0 radical (unpaired) electrons. The zero-order chi connectivity index (χ0) is 34.4. The number of hydrogen-bond donors (Lipinski definition) is 1. The van der Waals surface area contributed by atoms with Crippen molar-refractivity contribution in [2.75, 3.05) is 61.1 Å². The lowest BCUT2D eigenvalue weighted by atomic mass is 9.98. The number of anilines is 4. The van der Waals surface area contributed by atoms with E-state index >= 15 is 0 Å². The molecule has 14 heteroatoms. The highest BCUT2D eigenvalue weighted by atomic mass is 16.5. The number of rotatable bonds is 8. The van der Waals surface area contributed by atoms with Crippen molar-refractivity contribution in [3.63, 3.8) is 0 Å². The van der Waals surface area contributed by atoms with Gasteiger partial charge in [0.1, 0.15) is 35.4 Å². The van der Waals surface area contributed by atoms with Crippen LogP contribution >= 0.6 is 0 Å². The quantitative estimate of drug-likeness (QED) is 0.275. The minimum atomic E-state index is -0.447. The number of nitrogens with zero attached hydrogens (tertiary/aromatic N) is 8. The molecule has 14 nitrogen and oxygen atoms in total. The summed E-state index contributed by atoms with van der Waals surface area (Å²) >= 11 is 0. The monoisotopic (exact) mass is 679 g/mol. The maximum Gasteiger partial charge on any atom is 0.302 e. The van der Waals surface area contributed by atoms with Gasteiger partial charge in [-0.3, -0.25) is 24.2 Å². The van der Waals surface area contributed by atoms with Crippen LogP contribution in [0.2, 0.25) is 0 Å². The maximum absolute atomic E-state index is 14.0. The Morgan fingerprint density at radius 2 is 1.82 bits per heavy atom. The van der Waals surface area contributed by atoms with Crippen LogP contribution in [0.4, 0.5) is 23.1 Å². The van der Waals surface area contributed by atoms with Crippen molar-refractivity contribution in [2.45, 2.75) is 51.8 Å². The number of carbonyl (C=O) groups is 2. The van der Waals surface area contributed by atoms with Gasteiger partial charge in [0.05, 0.1) is 31.6 Å². The molecule has 260 valence electrons. The van der Waals surface area contributed by atoms with E-state index in [1.807, 2.05) is 12.1 Å². The van der Waals surface area contributed by atoms with E-state index in [1.165, 1.54) is 22.7 Å². The highest BCUT2D eigenvalue weighted by Crippen LogP contribution is 2.35. The first kappa shape index (κ1) is 32.1. The Balaban J connectivity index is 1.07. The van der Waals surface area contributed by atoms with Crippen molar-refractivity contribution >= 4 is 35.0 Å². The van der Waals surface area contributed by atoms with Crippen LogP contribution < -0.4 is 20.7 Å². The number of esters is 1. The Kier molecular flexibility index (Phi) is 8.57. The van der Waals surface area contributed by atoms with Crippen molar-refractivity contribution < 1.29 is 19.1 Å². The average Bonchev–Trinajstić information content (AvgIpc) is 3.49. The van der Waals surface area contributed by atoms with Crippen molar-refractivity contribution in [2.24, 2.45) is 7.05 Å². The van der Waals surface area contributed by atoms with Gasteiger partial charge in [-0.2, -0.15) is 0 Å². The Hall–Kier alpha value is -5.08. The van der Waals surface area contributed by atoms with Gasteiger partial charge in [0.15, 0.2) is 0 Å². The first-order chi connectivity index (χ1) is 24.3. The standard InChI is InChI=1S/C36H41N9O5/c1-23(46)50-22-28-27(7-8-37-34(28)45-14-13-44-30-6-4-3-5-24(30)16-31(44)36(45)48)25-15-29(35(47)41(2)19-25)40-32-17-39-33(18-38-32)43-11-9-42(10-12-43)26-20-49-21-26/h7-8,15-19,26H,3-6,9-14,20-22H2,1-2H3,(H,38,40). The van der Waals surface area contributed by atoms with Gasteiger partial charge in [-0.25, -0.2) is 15.0 Å². The molecular formula is C36H41N9O5. The largest absolute Gasteiger partial charge is 0.461 e. The van der Waals surface area contributed by atoms with Crippen LogP contribution in [0.5, 0.6) is 0 Å². The Labute approximate surface area is 289 Å². The van der Waals surface area contributed by atoms with Crippen LogP contribution in [0, 0.1) is 0 Å². The Morgan fingerprint density at radius 3 is 2.56 bits per heavy atom. The third-order valence-electron chi connectivity index (χ3n) is 10.3. The van der Waals surface area contributed by atoms with Gasteiger partial charge in [0.25, 0.3) is 11.5 Å². The first-order valence-corrected chi connectivity index (χ1v) is 17.4. The second-order valence-corrected chi connectivity index (χ2v) is 13.4. The molecule has 0 saturated carbocycles. The summed E-state index contributed by atoms with van der Waals surface area (Å²) in [4.78, 5) is 59.6. The third kappa shape index (κ3) is 6.02. The van der Waals surface area contributed by atoms with E-state index in [0.717, 1.165) is 70.9 Å². The summed E-state index contributed by atoms with van der Waals surface area (Å²) in [6.07, 6.45) is 11.0. The number of nitrogens with one attached hydrogen (secondary N) is 1. The van der Waals surface area contributed by atoms with E-state index < -0.39 is 5.97 Å². The van der Waals surface area contributed by atoms with Gasteiger partial charge in [-0.1, -0.05) is 0 Å². The number of hydrogen-bond acceptors (Lipinski definition) is 11. The lowest BCUT2D eigenvalue weighted by Gasteiger charge is -2.42. The van der Waals surface area contributed by atoms with Crippen molar-refractivity contribution in [1.29, 1.82) is 0 Å². The highest BCUT2D eigenvalue weighted by Gasteiger charge is 2.33. The zero-order valence-electron chi connectivity index (χ0n) is 28.4. The van der Waals surface area contributed by atoms with E-state index in [9.17, 15) is 14.4 Å². The fourth-order valence-corrected chi connectivity index (χ4v) is 7.53. The summed E-state index contributed by atoms with van der Waals surface area (Å²) < 4.78 is 14.5. The molecule has 0 aromatic carbocycles. The van der Waals surface area contributed by atoms with Crippen LogP contribution in [0.3, 0.4) is 0 Å². The molecular weight excluding hydrogens is 638 g/mol. The minimum absolute atomic E-state index is 0.0869. The molecule has 3 aliphatic heterocycles. The van der Waals surface area contributed by atoms with Gasteiger partial charge in [-0.05, 0) is 55.0 Å². The number of amides is 1. The number of fused-ring (bicyclic) bond motifs is 3. The van der Waals surface area contributed by atoms with Crippen LogP contribution in [-0.4, -0.2) is 92.8 Å². The van der Waals surface area contributed by atoms with Gasteiger partial charge in [0.2, 0.25) is 0 Å². The summed E-state index contributed by atoms with van der Waals surface area (Å²) in [7, 11) is 1.68. The molecule has 0 atom stereocenters. The molecule has 1 amide bonds. The third-order valence-corrected chi connectivity index (χ3v) is 10.3. The van der Waals surface area contributed by atoms with Gasteiger partial charge in [-0.15, -0.1) is 0 Å². The van der Waals surface area contributed by atoms with Crippen LogP contribution in [0.25, 0.3) is 11.1 Å². The summed E-state index contributed by atoms with van der Waals surface area (Å²) in [5, 5.41) is 3.16. The molecule has 4 aromatic rings. The molecule has 1 N–H and O–H groups in total. The van der Waals surface area contributed by atoms with Gasteiger partial charge < -0.3 is 28.8 Å². The fourth-order valence-electron chi connectivity index (χ4n) is 7.53. The second kappa shape index (κ2) is 13.3. The molecule has 0 bridgehead atoms. The Bertz CT molecular complexity index is 1990. The number of piperazine rings is 1. The average molecular weight is 680 g/mol. The maximum atomic E-state index is 14.0. The van der Waals surface area contributed by atoms with E-state index in [1.54, 1.807) is 42.8 Å². The normalized spacial score (nSPS) is 18.0. The molecule has 4 aromatic heterocycles. The molecule has 8 rings (SSSR count). The lowest BCUT2D eigenvalue weighted by Crippen LogP contribution is -2.56. The summed E-state index contributed by atoms with van der Waals surface area (Å²) in [5.41, 5.74) is 5.20. The molecule has 2 saturated heterocycles. The van der Waals surface area contributed by atoms with Crippen molar-refractivity contribution in [3.05, 3.63) is 75.9 Å². The molecule has 50 heavy (non-hydrogen) atoms. The van der Waals surface area contributed by atoms with Crippen molar-refractivity contribution in [1.82, 2.24) is 29.0 Å². The number of aryl methyl sites for hydroxylation is 2. The highest BCUT2D eigenvalue weighted by molar-refractivity contribution is 6.06. The predicted molar refractivity (Wildman–Crippen MR) is 187 cm³/mol. The first-order valence-electron chi connectivity index (χ1n) is 17.4. The zero-order valence-corrected chi connectivity index (χ0v) is 28.4. The van der Waals surface area contributed by atoms with Gasteiger partial charge >= 0.3 is 5.97 Å². The molecule has 4 aliphatic rings. The van der Waals surface area contributed by atoms with E-state index in [-0.39, 0.29) is 18.1 Å². The molecule has 0 spiro atoms. The summed E-state index contributed by atoms with van der Waals surface area (Å²) in [6, 6.07) is 6.11. The summed E-state index contributed by atoms with van der Waals surface area (Å²) in [6.45, 7) is 7.62. The summed E-state index contributed by atoms with van der Waals surface area (Å²) in [5.74, 6) is 1.09. The fraction of sp³-hybridized carbons (Fsp3) is 0.444. The molecule has 7 heterocycles. The van der Waals surface area contributed by atoms with Gasteiger partial charge in [0, 0.05) is 82.5 Å². The van der Waals surface area contributed by atoms with Crippen molar-refractivity contribution in [3.8, 4) is 11.1 Å². The second-order valence-electron chi connectivity index (χ2n) is 13.4. The topological polar surface area (TPSA) is 140 Å². The SMILES string of the molecule is CC(=O)OCc1c(-c2cc(Nc3cnc(N4CCN(C5COC5)CC4)cn3)c(=O)n(C)c2)ccnc1N1CCn2c(cc3c2CCCC3)C1=O. The van der Waals surface area contributed by atoms with Crippen LogP contribution in [0.1, 0.15) is 47.1 Å². The number of pyridine rings is 2. The molecule has 2 fully saturated rings. The Morgan fingerprint density at radius 1 is 1.00 bits per heavy atom. The number of aromatic nitrogens is 5. The lowest BCUT2D eigenvalue weighted by molar-refractivity contribution is -0.142. The smallest absolute Gasteiger partial charge is 0.302 e. The van der Waals surface area contributed by atoms with Crippen LogP contribution in [-0.2, 0) is 47.3 Å². The predicted octanol–water partition coefficient (Wildman–Crippen LogP) is 2.91. The van der Waals surface area contributed by atoms with E-state index in [0.29, 0.717) is 58.8 Å². The minimum Gasteiger partial charge on any atom is -0.461 e. The molecule has 1 aliphatic carbocycles. The van der Waals surface area contributed by atoms with E-state index in [4.69, 9.17) is 9.47 Å².